The highest BCUT2D eigenvalue weighted by molar-refractivity contribution is 5.92. The molecular weight excluding hydrogens is 449 g/mol. The maximum absolute atomic E-state index is 14.5. The molecule has 1 aromatic carbocycles. The number of aliphatic hydroxyl groups excluding tert-OH is 1. The average molecular weight is 484 g/mol. The molecule has 2 aliphatic heterocycles. The Morgan fingerprint density at radius 1 is 1.06 bits per heavy atom. The van der Waals surface area contributed by atoms with Gasteiger partial charge >= 0.3 is 5.97 Å². The number of hydrogen-bond acceptors (Lipinski definition) is 6. The molecule has 2 aromatic heterocycles. The Morgan fingerprint density at radius 3 is 2.40 bits per heavy atom. The van der Waals surface area contributed by atoms with Crippen LogP contribution in [0.25, 0.3) is 22.3 Å². The van der Waals surface area contributed by atoms with Crippen molar-refractivity contribution in [3.8, 4) is 11.4 Å². The lowest BCUT2D eigenvalue weighted by molar-refractivity contribution is -0.157. The molecule has 35 heavy (non-hydrogen) atoms. The Morgan fingerprint density at radius 2 is 1.71 bits per heavy atom. The summed E-state index contributed by atoms with van der Waals surface area (Å²) in [5, 5.41) is 11.2. The molecule has 0 amide bonds. The van der Waals surface area contributed by atoms with Gasteiger partial charge in [0.2, 0.25) is 0 Å². The van der Waals surface area contributed by atoms with E-state index in [4.69, 9.17) is 9.72 Å². The lowest BCUT2D eigenvalue weighted by Gasteiger charge is -2.22. The number of hydrogen-bond donors (Lipinski definition) is 2. The molecule has 0 saturated carbocycles. The fraction of sp³-hybridized carbons (Fsp3) is 0.444. The van der Waals surface area contributed by atoms with Crippen LogP contribution >= 0.6 is 0 Å². The minimum absolute atomic E-state index is 0.141. The monoisotopic (exact) mass is 483 g/mol. The van der Waals surface area contributed by atoms with E-state index in [-0.39, 0.29) is 23.5 Å². The summed E-state index contributed by atoms with van der Waals surface area (Å²) in [5.41, 5.74) is 10.4. The van der Waals surface area contributed by atoms with Crippen molar-refractivity contribution in [2.45, 2.75) is 73.1 Å². The summed E-state index contributed by atoms with van der Waals surface area (Å²) in [6, 6.07) is 3.13. The number of aryl methyl sites for hydroxylation is 2. The van der Waals surface area contributed by atoms with Crippen LogP contribution in [0.2, 0.25) is 0 Å². The number of carbonyl (C=O) groups excluding carboxylic acids is 1. The number of pyridine rings is 2. The lowest BCUT2D eigenvalue weighted by atomic mass is 9.85. The number of rotatable bonds is 0. The van der Waals surface area contributed by atoms with Gasteiger partial charge in [-0.05, 0) is 56.0 Å². The van der Waals surface area contributed by atoms with Gasteiger partial charge in [-0.2, -0.15) is 0 Å². The van der Waals surface area contributed by atoms with Gasteiger partial charge in [-0.1, -0.05) is 27.7 Å². The maximum atomic E-state index is 14.5. The van der Waals surface area contributed by atoms with Crippen molar-refractivity contribution >= 4 is 16.9 Å². The van der Waals surface area contributed by atoms with Crippen LogP contribution in [0, 0.1) is 12.7 Å². The van der Waals surface area contributed by atoms with Crippen molar-refractivity contribution in [1.29, 1.82) is 0 Å². The maximum Gasteiger partial charge on any atom is 0.340 e. The molecule has 3 aromatic rings. The number of ether oxygens (including phenoxy) is 1. The minimum atomic E-state index is -1.48. The predicted molar refractivity (Wildman–Crippen MR) is 135 cm³/mol. The normalized spacial score (nSPS) is 16.3. The zero-order valence-electron chi connectivity index (χ0n) is 21.3. The van der Waals surface area contributed by atoms with Crippen LogP contribution in [0.3, 0.4) is 0 Å². The molecule has 0 saturated heterocycles. The Kier molecular flexibility index (Phi) is 8.07. The van der Waals surface area contributed by atoms with Gasteiger partial charge in [0.05, 0.1) is 29.0 Å². The van der Waals surface area contributed by atoms with E-state index in [1.54, 1.807) is 17.6 Å². The number of cyclic esters (lactones) is 1. The number of nitrogens with zero attached hydrogens (tertiary/aromatic N) is 2. The van der Waals surface area contributed by atoms with Crippen molar-refractivity contribution in [1.82, 2.24) is 9.55 Å². The average Bonchev–Trinajstić information content (AvgIpc) is 3.28. The quantitative estimate of drug-likeness (QED) is 0.365. The summed E-state index contributed by atoms with van der Waals surface area (Å²) in [4.78, 5) is 29.6. The summed E-state index contributed by atoms with van der Waals surface area (Å²) in [6.07, 6.45) is 1.12. The molecule has 0 spiro atoms. The topological polar surface area (TPSA) is 107 Å². The van der Waals surface area contributed by atoms with Crippen LogP contribution in [-0.4, -0.2) is 27.7 Å². The Labute approximate surface area is 204 Å². The molecule has 1 unspecified atom stereocenters. The first-order chi connectivity index (χ1) is 17.0. The Bertz CT molecular complexity index is 1350. The molecule has 0 fully saturated rings. The molecule has 0 bridgehead atoms. The summed E-state index contributed by atoms with van der Waals surface area (Å²) < 4.78 is 21.1. The number of aromatic nitrogens is 2. The number of benzene rings is 1. The molecule has 4 heterocycles. The third kappa shape index (κ3) is 4.04. The van der Waals surface area contributed by atoms with E-state index in [0.29, 0.717) is 34.6 Å². The van der Waals surface area contributed by atoms with Gasteiger partial charge in [-0.3, -0.25) is 4.79 Å². The van der Waals surface area contributed by atoms with E-state index < -0.39 is 12.1 Å². The van der Waals surface area contributed by atoms with Gasteiger partial charge in [-0.15, -0.1) is 0 Å². The van der Waals surface area contributed by atoms with E-state index in [1.165, 1.54) is 13.1 Å². The van der Waals surface area contributed by atoms with Crippen LogP contribution in [-0.2, 0) is 35.5 Å². The smallest absolute Gasteiger partial charge is 0.340 e. The molecule has 188 valence electrons. The number of aliphatic hydroxyl groups is 1. The van der Waals surface area contributed by atoms with E-state index >= 15 is 0 Å². The second kappa shape index (κ2) is 10.7. The van der Waals surface area contributed by atoms with Crippen molar-refractivity contribution < 1.29 is 19.0 Å². The van der Waals surface area contributed by atoms with E-state index in [9.17, 15) is 19.1 Å². The van der Waals surface area contributed by atoms with Crippen LogP contribution in [0.1, 0.15) is 73.6 Å². The molecule has 1 atom stereocenters. The number of fused-ring (bicyclic) bond motifs is 5. The molecule has 3 aliphatic rings. The fourth-order valence-electron chi connectivity index (χ4n) is 5.06. The molecule has 7 nitrogen and oxygen atoms in total. The highest BCUT2D eigenvalue weighted by Gasteiger charge is 2.35. The summed E-state index contributed by atoms with van der Waals surface area (Å²) >= 11 is 0. The number of halogens is 1. The zero-order chi connectivity index (χ0) is 26.0. The van der Waals surface area contributed by atoms with Gasteiger partial charge in [0.15, 0.2) is 6.10 Å². The van der Waals surface area contributed by atoms with Gasteiger partial charge in [0.1, 0.15) is 12.4 Å². The first-order valence-electron chi connectivity index (χ1n) is 12.3. The van der Waals surface area contributed by atoms with Crippen LogP contribution in [0.15, 0.2) is 16.9 Å². The highest BCUT2D eigenvalue weighted by atomic mass is 19.1. The largest absolute Gasteiger partial charge is 0.458 e. The van der Waals surface area contributed by atoms with Crippen molar-refractivity contribution in [2.75, 3.05) is 7.05 Å². The van der Waals surface area contributed by atoms with Gasteiger partial charge in [0, 0.05) is 22.6 Å². The van der Waals surface area contributed by atoms with Crippen LogP contribution < -0.4 is 11.3 Å². The molecular formula is C27H34FN3O4. The summed E-state index contributed by atoms with van der Waals surface area (Å²) in [6.45, 7) is 10.0. The number of esters is 1. The molecule has 8 heteroatoms. The van der Waals surface area contributed by atoms with Crippen LogP contribution in [0.4, 0.5) is 4.39 Å². The second-order valence-electron chi connectivity index (χ2n) is 7.99. The van der Waals surface area contributed by atoms with E-state index in [1.807, 2.05) is 27.7 Å². The first kappa shape index (κ1) is 26.5. The predicted octanol–water partition coefficient (Wildman–Crippen LogP) is 4.08. The first-order valence-corrected chi connectivity index (χ1v) is 12.3. The van der Waals surface area contributed by atoms with Crippen molar-refractivity contribution in [2.24, 2.45) is 5.73 Å². The Hall–Kier alpha value is -3.10. The van der Waals surface area contributed by atoms with Gasteiger partial charge < -0.3 is 20.1 Å². The molecule has 0 radical (unpaired) electrons. The van der Waals surface area contributed by atoms with Gasteiger partial charge in [-0.25, -0.2) is 14.2 Å². The highest BCUT2D eigenvalue weighted by Crippen LogP contribution is 2.41. The minimum Gasteiger partial charge on any atom is -0.458 e. The van der Waals surface area contributed by atoms with Crippen LogP contribution in [0.5, 0.6) is 0 Å². The number of carbonyl (C=O) groups is 1. The standard InChI is InChI=1S/C22H17FN2O4.2C2H6.CH5N/c1-9-10-3-2-4-11-13-7-25-17(19(13)24-16(18(10)11)6-15(9)23)5-12-14(21(25)27)8-29-22(28)20(12)26;3*1-2/h5-6,20,26H,2-4,7-8H2,1H3;2*1-2H3;2H2,1H3. The second-order valence-corrected chi connectivity index (χ2v) is 7.99. The van der Waals surface area contributed by atoms with E-state index in [2.05, 4.69) is 5.73 Å². The Balaban J connectivity index is 0.000000533. The third-order valence-electron chi connectivity index (χ3n) is 6.54. The van der Waals surface area contributed by atoms with Crippen molar-refractivity contribution in [3.05, 3.63) is 61.7 Å². The van der Waals surface area contributed by atoms with Crippen molar-refractivity contribution in [3.63, 3.8) is 0 Å². The third-order valence-corrected chi connectivity index (χ3v) is 6.54. The molecule has 1 aliphatic carbocycles. The lowest BCUT2D eigenvalue weighted by Crippen LogP contribution is -2.32. The zero-order valence-corrected chi connectivity index (χ0v) is 21.3. The summed E-state index contributed by atoms with van der Waals surface area (Å²) in [5.74, 6) is -1.03. The number of nitrogens with two attached hydrogens (primary N) is 1. The summed E-state index contributed by atoms with van der Waals surface area (Å²) in [7, 11) is 1.50. The van der Waals surface area contributed by atoms with Gasteiger partial charge in [0.25, 0.3) is 5.56 Å². The molecule has 3 N–H and O–H groups in total. The molecule has 6 rings (SSSR count). The fourth-order valence-corrected chi connectivity index (χ4v) is 5.06. The SMILES string of the molecule is CC.CC.CN.Cc1c(F)cc2nc3c(c4c2c1CCC4)Cn1c-3cc2c(c1=O)COC(=O)C2O. The van der Waals surface area contributed by atoms with E-state index in [0.717, 1.165) is 41.3 Å².